The van der Waals surface area contributed by atoms with Crippen molar-refractivity contribution < 1.29 is 23.0 Å². The molecule has 1 amide bonds. The van der Waals surface area contributed by atoms with Gasteiger partial charge < -0.3 is 14.8 Å². The summed E-state index contributed by atoms with van der Waals surface area (Å²) in [5.41, 5.74) is 0.692. The van der Waals surface area contributed by atoms with E-state index in [1.54, 1.807) is 24.3 Å². The van der Waals surface area contributed by atoms with Gasteiger partial charge in [-0.2, -0.15) is 0 Å². The topological polar surface area (TPSA) is 59.9 Å². The Morgan fingerprint density at radius 2 is 1.84 bits per heavy atom. The van der Waals surface area contributed by atoms with Crippen LogP contribution < -0.4 is 5.32 Å². The number of hydrogen-bond acceptors (Lipinski definition) is 5. The van der Waals surface area contributed by atoms with E-state index in [1.165, 1.54) is 17.8 Å². The van der Waals surface area contributed by atoms with Gasteiger partial charge in [0.05, 0.1) is 30.4 Å². The summed E-state index contributed by atoms with van der Waals surface area (Å²) in [6, 6.07) is 21.0. The van der Waals surface area contributed by atoms with Gasteiger partial charge in [0, 0.05) is 28.9 Å². The molecule has 1 saturated heterocycles. The van der Waals surface area contributed by atoms with Gasteiger partial charge in [0.25, 0.3) is 5.91 Å². The van der Waals surface area contributed by atoms with Gasteiger partial charge in [0.2, 0.25) is 0 Å². The highest BCUT2D eigenvalue weighted by Gasteiger charge is 2.50. The number of amides is 1. The van der Waals surface area contributed by atoms with Crippen LogP contribution in [0.4, 0.5) is 8.78 Å². The predicted octanol–water partition coefficient (Wildman–Crippen LogP) is 6.08. The maximum atomic E-state index is 15.2. The number of rotatable bonds is 6. The number of nitrogens with zero attached hydrogens (tertiary/aromatic N) is 1. The van der Waals surface area contributed by atoms with Crippen LogP contribution in [0.1, 0.15) is 27.9 Å². The van der Waals surface area contributed by atoms with E-state index in [4.69, 9.17) is 14.5 Å². The third-order valence-electron chi connectivity index (χ3n) is 6.63. The molecule has 1 fully saturated rings. The maximum absolute atomic E-state index is 15.2. The molecule has 9 heteroatoms. The fraction of sp³-hybridized carbons (Fsp3) is 0.286. The van der Waals surface area contributed by atoms with Gasteiger partial charge in [0.1, 0.15) is 17.2 Å². The van der Waals surface area contributed by atoms with E-state index in [0.29, 0.717) is 36.1 Å². The Morgan fingerprint density at radius 1 is 1.11 bits per heavy atom. The van der Waals surface area contributed by atoms with Gasteiger partial charge in [-0.25, -0.2) is 13.8 Å². The zero-order chi connectivity index (χ0) is 25.8. The van der Waals surface area contributed by atoms with Crippen molar-refractivity contribution in [1.82, 2.24) is 5.32 Å². The average Bonchev–Trinajstić information content (AvgIpc) is 2.92. The zero-order valence-corrected chi connectivity index (χ0v) is 22.2. The van der Waals surface area contributed by atoms with E-state index in [-0.39, 0.29) is 34.6 Å². The second-order valence-electron chi connectivity index (χ2n) is 9.08. The minimum absolute atomic E-state index is 0.0806. The van der Waals surface area contributed by atoms with E-state index in [2.05, 4.69) is 21.2 Å². The number of hydrogen-bond donors (Lipinski definition) is 1. The van der Waals surface area contributed by atoms with Crippen molar-refractivity contribution in [2.24, 2.45) is 10.9 Å². The highest BCUT2D eigenvalue weighted by atomic mass is 79.9. The number of amidine groups is 1. The average molecular weight is 587 g/mol. The molecule has 3 unspecified atom stereocenters. The van der Waals surface area contributed by atoms with Gasteiger partial charge in [-0.1, -0.05) is 60.3 Å². The number of nitrogens with one attached hydrogen (secondary N) is 1. The number of halogens is 3. The van der Waals surface area contributed by atoms with Crippen molar-refractivity contribution in [2.75, 3.05) is 19.0 Å². The highest BCUT2D eigenvalue weighted by molar-refractivity contribution is 9.10. The molecular weight excluding hydrogens is 562 g/mol. The van der Waals surface area contributed by atoms with Crippen LogP contribution in [0, 0.1) is 17.6 Å². The van der Waals surface area contributed by atoms with Crippen molar-refractivity contribution in [3.05, 3.63) is 106 Å². The highest BCUT2D eigenvalue weighted by Crippen LogP contribution is 2.47. The second kappa shape index (κ2) is 11.4. The van der Waals surface area contributed by atoms with Crippen molar-refractivity contribution >= 4 is 38.8 Å². The quantitative estimate of drug-likeness (QED) is 0.356. The van der Waals surface area contributed by atoms with E-state index in [9.17, 15) is 9.18 Å². The number of aliphatic imine (C=N–C) groups is 1. The molecule has 3 atom stereocenters. The Kier molecular flexibility index (Phi) is 8.04. The fourth-order valence-corrected chi connectivity index (χ4v) is 6.21. The van der Waals surface area contributed by atoms with Gasteiger partial charge >= 0.3 is 0 Å². The van der Waals surface area contributed by atoms with Crippen molar-refractivity contribution in [1.29, 1.82) is 0 Å². The third kappa shape index (κ3) is 5.80. The fourth-order valence-electron chi connectivity index (χ4n) is 4.70. The smallest absolute Gasteiger partial charge is 0.257 e. The first-order valence-corrected chi connectivity index (χ1v) is 13.7. The van der Waals surface area contributed by atoms with Crippen molar-refractivity contribution in [3.63, 3.8) is 0 Å². The Bertz CT molecular complexity index is 1300. The molecule has 3 aromatic rings. The van der Waals surface area contributed by atoms with Crippen molar-refractivity contribution in [2.45, 2.75) is 24.7 Å². The molecule has 2 aliphatic heterocycles. The van der Waals surface area contributed by atoms with Gasteiger partial charge in [-0.15, -0.1) is 0 Å². The number of thioether (sulfide) groups is 1. The van der Waals surface area contributed by atoms with Crippen LogP contribution in [0.2, 0.25) is 0 Å². The van der Waals surface area contributed by atoms with Crippen molar-refractivity contribution in [3.8, 4) is 0 Å². The van der Waals surface area contributed by atoms with E-state index >= 15 is 4.39 Å². The molecule has 5 nitrogen and oxygen atoms in total. The Hall–Kier alpha value is -2.59. The molecule has 0 aliphatic carbocycles. The summed E-state index contributed by atoms with van der Waals surface area (Å²) < 4.78 is 41.5. The second-order valence-corrected chi connectivity index (χ2v) is 10.9. The Labute approximate surface area is 226 Å². The normalized spacial score (nSPS) is 23.2. The summed E-state index contributed by atoms with van der Waals surface area (Å²) in [5.74, 6) is -1.21. The van der Waals surface area contributed by atoms with Crippen LogP contribution in [0.25, 0.3) is 0 Å². The van der Waals surface area contributed by atoms with Crippen LogP contribution in [-0.4, -0.2) is 36.1 Å². The lowest BCUT2D eigenvalue weighted by Gasteiger charge is -2.46. The molecule has 3 aromatic carbocycles. The molecule has 1 N–H and O–H groups in total. The molecule has 0 bridgehead atoms. The lowest BCUT2D eigenvalue weighted by molar-refractivity contribution is -0.0927. The number of benzene rings is 3. The summed E-state index contributed by atoms with van der Waals surface area (Å²) in [6.45, 7) is 0.943. The lowest BCUT2D eigenvalue weighted by Crippen LogP contribution is -2.52. The first kappa shape index (κ1) is 26.0. The molecule has 0 radical (unpaired) electrons. The molecule has 0 saturated carbocycles. The van der Waals surface area contributed by atoms with E-state index in [1.807, 2.05) is 36.4 Å². The van der Waals surface area contributed by atoms with E-state index in [0.717, 1.165) is 11.6 Å². The molecule has 0 spiro atoms. The predicted molar refractivity (Wildman–Crippen MR) is 143 cm³/mol. The van der Waals surface area contributed by atoms with Crippen LogP contribution in [0.3, 0.4) is 0 Å². The summed E-state index contributed by atoms with van der Waals surface area (Å²) in [5, 5.41) is 3.24. The third-order valence-corrected chi connectivity index (χ3v) is 8.28. The molecule has 37 heavy (non-hydrogen) atoms. The monoisotopic (exact) mass is 586 g/mol. The molecule has 192 valence electrons. The molecule has 2 aliphatic rings. The summed E-state index contributed by atoms with van der Waals surface area (Å²) >= 11 is 4.60. The number of carbonyl (C=O) groups excluding carboxylic acids is 1. The molecular formula is C28H25BrF2N2O3S. The van der Waals surface area contributed by atoms with Gasteiger partial charge in [-0.05, 0) is 46.1 Å². The van der Waals surface area contributed by atoms with Gasteiger partial charge in [0.15, 0.2) is 5.17 Å². The van der Waals surface area contributed by atoms with Gasteiger partial charge in [-0.3, -0.25) is 4.79 Å². The SMILES string of the molecule is O=C(NC1=NC2(c3cc(Br)c(F)cc3F)COC(COCc3ccccc3)CC2CS1)c1ccccc1. The lowest BCUT2D eigenvalue weighted by atomic mass is 9.75. The van der Waals surface area contributed by atoms with Crippen LogP contribution in [-0.2, 0) is 21.6 Å². The number of carbonyl (C=O) groups is 1. The summed E-state index contributed by atoms with van der Waals surface area (Å²) in [4.78, 5) is 17.6. The van der Waals surface area contributed by atoms with Crippen LogP contribution >= 0.6 is 27.7 Å². The maximum Gasteiger partial charge on any atom is 0.257 e. The minimum atomic E-state index is -1.11. The standard InChI is InChI=1S/C28H25BrF2N2O3S/c29-23-12-22(24(30)13-25(23)31)28-17-36-21(15-35-14-18-7-3-1-4-8-18)11-20(28)16-37-27(33-28)32-26(34)19-9-5-2-6-10-19/h1-10,12-13,20-21H,11,14-17H2,(H,32,33,34). The van der Waals surface area contributed by atoms with E-state index < -0.39 is 17.2 Å². The Balaban J connectivity index is 1.38. The summed E-state index contributed by atoms with van der Waals surface area (Å²) in [6.07, 6.45) is 0.393. The Morgan fingerprint density at radius 3 is 2.59 bits per heavy atom. The number of ether oxygens (including phenoxy) is 2. The number of fused-ring (bicyclic) bond motifs is 1. The zero-order valence-electron chi connectivity index (χ0n) is 19.8. The van der Waals surface area contributed by atoms with Crippen LogP contribution in [0.15, 0.2) is 82.3 Å². The molecule has 2 heterocycles. The molecule has 0 aromatic heterocycles. The largest absolute Gasteiger partial charge is 0.374 e. The molecule has 5 rings (SSSR count). The first-order valence-electron chi connectivity index (χ1n) is 11.9. The van der Waals surface area contributed by atoms with Crippen LogP contribution in [0.5, 0.6) is 0 Å². The minimum Gasteiger partial charge on any atom is -0.374 e. The summed E-state index contributed by atoms with van der Waals surface area (Å²) in [7, 11) is 0. The first-order chi connectivity index (χ1) is 17.9.